The maximum atomic E-state index is 10.9. The molecule has 0 unspecified atom stereocenters. The number of carbonyl (C=O) groups excluding carboxylic acids is 1. The summed E-state index contributed by atoms with van der Waals surface area (Å²) in [6.45, 7) is 3.36. The molecule has 0 spiro atoms. The number of nitrogens with zero attached hydrogens (tertiary/aromatic N) is 2. The Balaban J connectivity index is 2.27. The van der Waals surface area contributed by atoms with Gasteiger partial charge < -0.3 is 9.64 Å². The molecule has 4 heteroatoms. The summed E-state index contributed by atoms with van der Waals surface area (Å²) in [6.07, 6.45) is 4.67. The number of hydrogen-bond acceptors (Lipinski definition) is 3. The van der Waals surface area contributed by atoms with Gasteiger partial charge in [-0.25, -0.2) is 4.98 Å². The first-order valence-corrected chi connectivity index (χ1v) is 5.65. The summed E-state index contributed by atoms with van der Waals surface area (Å²) in [6, 6.07) is 4.01. The van der Waals surface area contributed by atoms with Crippen LogP contribution in [0.1, 0.15) is 31.4 Å². The van der Waals surface area contributed by atoms with Gasteiger partial charge in [0.05, 0.1) is 12.6 Å². The molecule has 1 aromatic rings. The maximum Gasteiger partial charge on any atom is 0.218 e. The van der Waals surface area contributed by atoms with E-state index in [4.69, 9.17) is 4.74 Å². The van der Waals surface area contributed by atoms with Crippen LogP contribution in [-0.4, -0.2) is 29.4 Å². The van der Waals surface area contributed by atoms with Crippen LogP contribution in [0.15, 0.2) is 18.3 Å². The van der Waals surface area contributed by atoms with E-state index in [0.29, 0.717) is 12.5 Å². The number of likely N-dealkylation sites (tertiary alicyclic amines) is 1. The van der Waals surface area contributed by atoms with E-state index < -0.39 is 0 Å². The number of ether oxygens (including phenoxy) is 1. The first-order valence-electron chi connectivity index (χ1n) is 5.65. The van der Waals surface area contributed by atoms with Crippen molar-refractivity contribution in [3.63, 3.8) is 0 Å². The molecular weight excluding hydrogens is 204 g/mol. The van der Waals surface area contributed by atoms with Crippen molar-refractivity contribution in [3.05, 3.63) is 23.9 Å². The summed E-state index contributed by atoms with van der Waals surface area (Å²) in [7, 11) is 0. The number of rotatable bonds is 4. The summed E-state index contributed by atoms with van der Waals surface area (Å²) < 4.78 is 5.49. The van der Waals surface area contributed by atoms with Crippen LogP contribution < -0.4 is 4.74 Å². The number of aromatic nitrogens is 1. The Bertz CT molecular complexity index is 368. The van der Waals surface area contributed by atoms with E-state index in [0.717, 1.165) is 31.4 Å². The first kappa shape index (κ1) is 10.9. The van der Waals surface area contributed by atoms with Crippen molar-refractivity contribution in [2.75, 3.05) is 13.2 Å². The Morgan fingerprint density at radius 1 is 1.69 bits per heavy atom. The van der Waals surface area contributed by atoms with Crippen molar-refractivity contribution in [1.82, 2.24) is 9.88 Å². The van der Waals surface area contributed by atoms with Crippen LogP contribution in [0.5, 0.6) is 5.88 Å². The highest BCUT2D eigenvalue weighted by Gasteiger charge is 2.27. The van der Waals surface area contributed by atoms with Crippen LogP contribution in [0.3, 0.4) is 0 Å². The standard InChI is InChI=1S/C12H16N2O2/c1-2-16-12-10(5-3-7-13-12)11-6-4-8-14(11)9-15/h3,5,7,9,11H,2,4,6,8H2,1H3/t11-/m1/s1. The van der Waals surface area contributed by atoms with E-state index in [9.17, 15) is 4.79 Å². The van der Waals surface area contributed by atoms with Gasteiger partial charge in [-0.15, -0.1) is 0 Å². The minimum absolute atomic E-state index is 0.132. The Morgan fingerprint density at radius 2 is 2.56 bits per heavy atom. The minimum Gasteiger partial charge on any atom is -0.478 e. The predicted octanol–water partition coefficient (Wildman–Crippen LogP) is 1.77. The molecule has 2 heterocycles. The lowest BCUT2D eigenvalue weighted by atomic mass is 10.1. The normalized spacial score (nSPS) is 19.8. The summed E-state index contributed by atoms with van der Waals surface area (Å²) in [4.78, 5) is 17.0. The Hall–Kier alpha value is -1.58. The van der Waals surface area contributed by atoms with E-state index in [1.807, 2.05) is 24.0 Å². The lowest BCUT2D eigenvalue weighted by Gasteiger charge is -2.21. The molecule has 0 N–H and O–H groups in total. The lowest BCUT2D eigenvalue weighted by Crippen LogP contribution is -2.21. The van der Waals surface area contributed by atoms with E-state index in [1.54, 1.807) is 6.20 Å². The Kier molecular flexibility index (Phi) is 3.39. The fourth-order valence-corrected chi connectivity index (χ4v) is 2.16. The van der Waals surface area contributed by atoms with Crippen molar-refractivity contribution in [2.45, 2.75) is 25.8 Å². The second-order valence-corrected chi connectivity index (χ2v) is 3.83. The smallest absolute Gasteiger partial charge is 0.218 e. The molecule has 86 valence electrons. The zero-order valence-corrected chi connectivity index (χ0v) is 9.43. The highest BCUT2D eigenvalue weighted by Crippen LogP contribution is 2.34. The van der Waals surface area contributed by atoms with Gasteiger partial charge in [0, 0.05) is 18.3 Å². The molecule has 1 saturated heterocycles. The molecule has 0 saturated carbocycles. The molecule has 2 rings (SSSR count). The van der Waals surface area contributed by atoms with Gasteiger partial charge in [-0.05, 0) is 25.8 Å². The zero-order chi connectivity index (χ0) is 11.4. The molecule has 4 nitrogen and oxygen atoms in total. The number of hydrogen-bond donors (Lipinski definition) is 0. The Labute approximate surface area is 95.2 Å². The number of amides is 1. The third kappa shape index (κ3) is 2.01. The topological polar surface area (TPSA) is 42.4 Å². The van der Waals surface area contributed by atoms with Crippen LogP contribution in [0.4, 0.5) is 0 Å². The third-order valence-corrected chi connectivity index (χ3v) is 2.87. The summed E-state index contributed by atoms with van der Waals surface area (Å²) >= 11 is 0. The van der Waals surface area contributed by atoms with E-state index in [2.05, 4.69) is 4.98 Å². The van der Waals surface area contributed by atoms with Crippen molar-refractivity contribution in [1.29, 1.82) is 0 Å². The van der Waals surface area contributed by atoms with E-state index in [-0.39, 0.29) is 6.04 Å². The Morgan fingerprint density at radius 3 is 3.31 bits per heavy atom. The fraction of sp³-hybridized carbons (Fsp3) is 0.500. The van der Waals surface area contributed by atoms with Crippen LogP contribution in [-0.2, 0) is 4.79 Å². The second-order valence-electron chi connectivity index (χ2n) is 3.83. The average Bonchev–Trinajstić information content (AvgIpc) is 2.78. The maximum absolute atomic E-state index is 10.9. The SMILES string of the molecule is CCOc1ncccc1[C@H]1CCCN1C=O. The third-order valence-electron chi connectivity index (χ3n) is 2.87. The van der Waals surface area contributed by atoms with Gasteiger partial charge in [-0.2, -0.15) is 0 Å². The van der Waals surface area contributed by atoms with Crippen LogP contribution in [0.25, 0.3) is 0 Å². The van der Waals surface area contributed by atoms with Gasteiger partial charge >= 0.3 is 0 Å². The summed E-state index contributed by atoms with van der Waals surface area (Å²) in [5.41, 5.74) is 1.02. The molecule has 1 aromatic heterocycles. The second kappa shape index (κ2) is 4.96. The predicted molar refractivity (Wildman–Crippen MR) is 60.2 cm³/mol. The van der Waals surface area contributed by atoms with Crippen molar-refractivity contribution >= 4 is 6.41 Å². The van der Waals surface area contributed by atoms with Gasteiger partial charge in [-0.1, -0.05) is 6.07 Å². The summed E-state index contributed by atoms with van der Waals surface area (Å²) in [5, 5.41) is 0. The summed E-state index contributed by atoms with van der Waals surface area (Å²) in [5.74, 6) is 0.656. The number of carbonyl (C=O) groups is 1. The van der Waals surface area contributed by atoms with Gasteiger partial charge in [0.15, 0.2) is 0 Å². The van der Waals surface area contributed by atoms with Crippen LogP contribution in [0, 0.1) is 0 Å². The van der Waals surface area contributed by atoms with Crippen molar-refractivity contribution < 1.29 is 9.53 Å². The molecule has 1 aliphatic heterocycles. The molecule has 0 aliphatic carbocycles. The van der Waals surface area contributed by atoms with Crippen LogP contribution >= 0.6 is 0 Å². The molecule has 0 radical (unpaired) electrons. The van der Waals surface area contributed by atoms with Gasteiger partial charge in [0.25, 0.3) is 0 Å². The van der Waals surface area contributed by atoms with Crippen molar-refractivity contribution in [2.24, 2.45) is 0 Å². The molecule has 16 heavy (non-hydrogen) atoms. The van der Waals surface area contributed by atoms with Crippen LogP contribution in [0.2, 0.25) is 0 Å². The van der Waals surface area contributed by atoms with Gasteiger partial charge in [0.1, 0.15) is 0 Å². The molecule has 1 aliphatic rings. The molecule has 0 bridgehead atoms. The largest absolute Gasteiger partial charge is 0.478 e. The molecule has 1 fully saturated rings. The molecule has 0 aromatic carbocycles. The van der Waals surface area contributed by atoms with Gasteiger partial charge in [0.2, 0.25) is 12.3 Å². The van der Waals surface area contributed by atoms with E-state index in [1.165, 1.54) is 0 Å². The van der Waals surface area contributed by atoms with E-state index >= 15 is 0 Å². The monoisotopic (exact) mass is 220 g/mol. The van der Waals surface area contributed by atoms with Crippen molar-refractivity contribution in [3.8, 4) is 5.88 Å². The fourth-order valence-electron chi connectivity index (χ4n) is 2.16. The highest BCUT2D eigenvalue weighted by molar-refractivity contribution is 5.50. The first-order chi connectivity index (χ1) is 7.86. The number of pyridine rings is 1. The minimum atomic E-state index is 0.132. The average molecular weight is 220 g/mol. The molecule has 1 amide bonds. The van der Waals surface area contributed by atoms with Gasteiger partial charge in [-0.3, -0.25) is 4.79 Å². The highest BCUT2D eigenvalue weighted by atomic mass is 16.5. The molecular formula is C12H16N2O2. The zero-order valence-electron chi connectivity index (χ0n) is 9.43. The quantitative estimate of drug-likeness (QED) is 0.726. The molecule has 1 atom stereocenters. The lowest BCUT2D eigenvalue weighted by molar-refractivity contribution is -0.118.